The number of rotatable bonds is 1. The molecule has 0 aliphatic rings. The minimum absolute atomic E-state index is 0.00975. The zero-order valence-corrected chi connectivity index (χ0v) is 9.84. The monoisotopic (exact) mass is 300 g/mol. The minimum Gasteiger partial charge on any atom is -0.254 e. The average Bonchev–Trinajstić information content (AvgIpc) is 2.28. The van der Waals surface area contributed by atoms with Gasteiger partial charge in [0.25, 0.3) is 6.43 Å². The lowest BCUT2D eigenvalue weighted by molar-refractivity contribution is 0.150. The minimum atomic E-state index is -2.44. The van der Waals surface area contributed by atoms with Gasteiger partial charge in [-0.3, -0.25) is 4.68 Å². The fourth-order valence-electron chi connectivity index (χ4n) is 0.960. The molecule has 0 spiro atoms. The lowest BCUT2D eigenvalue weighted by Gasteiger charge is -2.20. The molecular weight excluding hydrogens is 289 g/mol. The molecule has 1 aromatic heterocycles. The van der Waals surface area contributed by atoms with Gasteiger partial charge in [-0.15, -0.1) is 0 Å². The number of alkyl halides is 2. The van der Waals surface area contributed by atoms with Gasteiger partial charge >= 0.3 is 0 Å². The normalized spacial score (nSPS) is 12.5. The highest BCUT2D eigenvalue weighted by Crippen LogP contribution is 2.27. The first-order chi connectivity index (χ1) is 5.84. The topological polar surface area (TPSA) is 17.8 Å². The Morgan fingerprint density at radius 2 is 2.00 bits per heavy atom. The molecule has 0 atom stereocenters. The second-order valence-corrected chi connectivity index (χ2v) is 4.80. The molecule has 0 aliphatic carbocycles. The zero-order valence-electron chi connectivity index (χ0n) is 7.68. The molecule has 0 N–H and O–H groups in total. The first-order valence-electron chi connectivity index (χ1n) is 3.86. The molecule has 5 heteroatoms. The molecule has 0 aromatic carbocycles. The zero-order chi connectivity index (χ0) is 10.2. The van der Waals surface area contributed by atoms with Crippen LogP contribution in [0.5, 0.6) is 0 Å². The van der Waals surface area contributed by atoms with Crippen molar-refractivity contribution in [3.63, 3.8) is 0 Å². The van der Waals surface area contributed by atoms with E-state index in [0.29, 0.717) is 3.70 Å². The molecule has 0 saturated carbocycles. The van der Waals surface area contributed by atoms with Crippen molar-refractivity contribution in [2.24, 2.45) is 0 Å². The molecule has 0 fully saturated rings. The summed E-state index contributed by atoms with van der Waals surface area (Å²) in [6, 6.07) is 0. The Bertz CT molecular complexity index is 302. The molecule has 1 heterocycles. The summed E-state index contributed by atoms with van der Waals surface area (Å²) in [5.41, 5.74) is -0.237. The van der Waals surface area contributed by atoms with Crippen LogP contribution in [0.3, 0.4) is 0 Å². The lowest BCUT2D eigenvalue weighted by Crippen LogP contribution is -2.24. The summed E-state index contributed by atoms with van der Waals surface area (Å²) in [5.74, 6) is 0. The molecule has 0 aliphatic heterocycles. The number of halogens is 3. The van der Waals surface area contributed by atoms with Crippen LogP contribution in [-0.4, -0.2) is 9.78 Å². The summed E-state index contributed by atoms with van der Waals surface area (Å²) in [6.07, 6.45) is -1.21. The van der Waals surface area contributed by atoms with E-state index in [1.807, 2.05) is 43.4 Å². The quantitative estimate of drug-likeness (QED) is 0.728. The fraction of sp³-hybridized carbons (Fsp3) is 0.625. The fourth-order valence-corrected chi connectivity index (χ4v) is 2.18. The predicted octanol–water partition coefficient (Wildman–Crippen LogP) is 3.18. The summed E-state index contributed by atoms with van der Waals surface area (Å²) < 4.78 is 26.9. The molecule has 2 nitrogen and oxygen atoms in total. The number of hydrogen-bond acceptors (Lipinski definition) is 1. The van der Waals surface area contributed by atoms with E-state index in [9.17, 15) is 8.78 Å². The van der Waals surface area contributed by atoms with Gasteiger partial charge in [-0.2, -0.15) is 5.10 Å². The Labute approximate surface area is 89.5 Å². The van der Waals surface area contributed by atoms with Crippen molar-refractivity contribution in [3.05, 3.63) is 15.5 Å². The molecule has 0 saturated heterocycles. The third-order valence-electron chi connectivity index (χ3n) is 1.61. The van der Waals surface area contributed by atoms with Gasteiger partial charge in [0.15, 0.2) is 0 Å². The molecule has 13 heavy (non-hydrogen) atoms. The first kappa shape index (κ1) is 10.9. The summed E-state index contributed by atoms with van der Waals surface area (Å²) in [6.45, 7) is 5.78. The Balaban J connectivity index is 3.14. The van der Waals surface area contributed by atoms with Crippen LogP contribution < -0.4 is 0 Å². The summed E-state index contributed by atoms with van der Waals surface area (Å²) in [5, 5.41) is 3.94. The van der Waals surface area contributed by atoms with Gasteiger partial charge < -0.3 is 0 Å². The maximum absolute atomic E-state index is 12.4. The van der Waals surface area contributed by atoms with Crippen molar-refractivity contribution >= 4 is 22.6 Å². The van der Waals surface area contributed by atoms with E-state index in [0.717, 1.165) is 0 Å². The van der Waals surface area contributed by atoms with Gasteiger partial charge in [-0.25, -0.2) is 8.78 Å². The second kappa shape index (κ2) is 3.51. The molecule has 1 aromatic rings. The van der Waals surface area contributed by atoms with Crippen molar-refractivity contribution in [2.45, 2.75) is 32.7 Å². The van der Waals surface area contributed by atoms with Gasteiger partial charge in [0.05, 0.1) is 17.3 Å². The van der Waals surface area contributed by atoms with Crippen LogP contribution >= 0.6 is 22.6 Å². The third-order valence-corrected chi connectivity index (χ3v) is 2.69. The summed E-state index contributed by atoms with van der Waals surface area (Å²) in [7, 11) is 0. The summed E-state index contributed by atoms with van der Waals surface area (Å²) in [4.78, 5) is 0. The molecule has 0 unspecified atom stereocenters. The van der Waals surface area contributed by atoms with E-state index < -0.39 is 6.43 Å². The Kier molecular flexibility index (Phi) is 2.94. The predicted molar refractivity (Wildman–Crippen MR) is 54.9 cm³/mol. The number of nitrogens with zero attached hydrogens (tertiary/aromatic N) is 2. The standard InChI is InChI=1S/C8H11F2IN2/c1-8(2,3)13-7(11)5(4-12-13)6(9)10/h4,6H,1-3H3. The van der Waals surface area contributed by atoms with Crippen LogP contribution in [0.2, 0.25) is 0 Å². The van der Waals surface area contributed by atoms with Crippen LogP contribution in [0.25, 0.3) is 0 Å². The van der Waals surface area contributed by atoms with Crippen molar-refractivity contribution in [3.8, 4) is 0 Å². The number of hydrogen-bond donors (Lipinski definition) is 0. The van der Waals surface area contributed by atoms with E-state index in [2.05, 4.69) is 5.10 Å². The van der Waals surface area contributed by atoms with Crippen LogP contribution in [0.1, 0.15) is 32.8 Å². The van der Waals surface area contributed by atoms with Crippen molar-refractivity contribution < 1.29 is 8.78 Å². The Morgan fingerprint density at radius 3 is 2.23 bits per heavy atom. The maximum Gasteiger partial charge on any atom is 0.267 e. The van der Waals surface area contributed by atoms with Gasteiger partial charge in [-0.05, 0) is 43.4 Å². The van der Waals surface area contributed by atoms with Crippen molar-refractivity contribution in [1.82, 2.24) is 9.78 Å². The average molecular weight is 300 g/mol. The highest BCUT2D eigenvalue weighted by Gasteiger charge is 2.22. The van der Waals surface area contributed by atoms with Gasteiger partial charge in [0, 0.05) is 0 Å². The largest absolute Gasteiger partial charge is 0.267 e. The van der Waals surface area contributed by atoms with Crippen molar-refractivity contribution in [2.75, 3.05) is 0 Å². The van der Waals surface area contributed by atoms with Crippen LogP contribution in [-0.2, 0) is 5.54 Å². The molecule has 1 rings (SSSR count). The van der Waals surface area contributed by atoms with Crippen LogP contribution in [0.15, 0.2) is 6.20 Å². The van der Waals surface area contributed by atoms with E-state index in [1.165, 1.54) is 6.20 Å². The van der Waals surface area contributed by atoms with Gasteiger partial charge in [0.1, 0.15) is 3.70 Å². The van der Waals surface area contributed by atoms with Crippen molar-refractivity contribution in [1.29, 1.82) is 0 Å². The molecule has 0 radical (unpaired) electrons. The summed E-state index contributed by atoms with van der Waals surface area (Å²) >= 11 is 1.90. The number of aromatic nitrogens is 2. The highest BCUT2D eigenvalue weighted by molar-refractivity contribution is 14.1. The van der Waals surface area contributed by atoms with E-state index in [4.69, 9.17) is 0 Å². The van der Waals surface area contributed by atoms with Crippen LogP contribution in [0, 0.1) is 3.70 Å². The maximum atomic E-state index is 12.4. The highest BCUT2D eigenvalue weighted by atomic mass is 127. The molecule has 0 bridgehead atoms. The first-order valence-corrected chi connectivity index (χ1v) is 4.94. The third kappa shape index (κ3) is 2.18. The van der Waals surface area contributed by atoms with Gasteiger partial charge in [0.2, 0.25) is 0 Å². The second-order valence-electron chi connectivity index (χ2n) is 3.77. The SMILES string of the molecule is CC(C)(C)n1ncc(C(F)F)c1I. The molecule has 74 valence electrons. The Hall–Kier alpha value is -0.200. The Morgan fingerprint density at radius 1 is 1.46 bits per heavy atom. The molecular formula is C8H11F2IN2. The van der Waals surface area contributed by atoms with Crippen LogP contribution in [0.4, 0.5) is 8.78 Å². The smallest absolute Gasteiger partial charge is 0.254 e. The lowest BCUT2D eigenvalue weighted by atomic mass is 10.1. The van der Waals surface area contributed by atoms with E-state index >= 15 is 0 Å². The van der Waals surface area contributed by atoms with E-state index in [-0.39, 0.29) is 11.1 Å². The van der Waals surface area contributed by atoms with E-state index in [1.54, 1.807) is 4.68 Å². The van der Waals surface area contributed by atoms with Gasteiger partial charge in [-0.1, -0.05) is 0 Å². The molecule has 0 amide bonds.